The van der Waals surface area contributed by atoms with Crippen LogP contribution in [0.4, 0.5) is 0 Å². The molecule has 0 aromatic heterocycles. The van der Waals surface area contributed by atoms with Gasteiger partial charge in [-0.3, -0.25) is 4.79 Å². The Labute approximate surface area is 180 Å². The summed E-state index contributed by atoms with van der Waals surface area (Å²) >= 11 is 0. The summed E-state index contributed by atoms with van der Waals surface area (Å²) in [6.45, 7) is 11.4. The standard InChI is InChI=1S/C20H41NO9/c1-2-4-23-6-8-25-10-12-27-14-16-29-18-19-30-17-15-28-13-11-26-9-7-24-5-3-21-20-22/h20H,2-19H2,1H3,(H,21,22). The van der Waals surface area contributed by atoms with Gasteiger partial charge in [-0.05, 0) is 6.42 Å². The molecule has 0 fully saturated rings. The number of hydrogen-bond acceptors (Lipinski definition) is 9. The van der Waals surface area contributed by atoms with Crippen LogP contribution in [0.25, 0.3) is 0 Å². The van der Waals surface area contributed by atoms with E-state index in [9.17, 15) is 4.79 Å². The summed E-state index contributed by atoms with van der Waals surface area (Å²) in [5, 5.41) is 2.52. The van der Waals surface area contributed by atoms with E-state index in [1.54, 1.807) is 0 Å². The van der Waals surface area contributed by atoms with E-state index in [1.807, 2.05) is 0 Å². The molecule has 0 rings (SSSR count). The summed E-state index contributed by atoms with van der Waals surface area (Å²) in [5.74, 6) is 0. The molecule has 0 atom stereocenters. The van der Waals surface area contributed by atoms with Gasteiger partial charge in [-0.1, -0.05) is 6.92 Å². The Morgan fingerprint density at radius 2 is 0.733 bits per heavy atom. The number of hydrogen-bond donors (Lipinski definition) is 1. The second-order valence-corrected chi connectivity index (χ2v) is 5.97. The van der Waals surface area contributed by atoms with Gasteiger partial charge in [0.2, 0.25) is 6.41 Å². The molecule has 0 aliphatic heterocycles. The van der Waals surface area contributed by atoms with Crippen molar-refractivity contribution in [3.05, 3.63) is 0 Å². The van der Waals surface area contributed by atoms with Crippen LogP contribution >= 0.6 is 0 Å². The third-order valence-corrected chi connectivity index (χ3v) is 3.43. The van der Waals surface area contributed by atoms with Crippen LogP contribution < -0.4 is 5.32 Å². The number of amides is 1. The molecule has 1 N–H and O–H groups in total. The summed E-state index contributed by atoms with van der Waals surface area (Å²) in [7, 11) is 0. The van der Waals surface area contributed by atoms with Gasteiger partial charge in [-0.15, -0.1) is 0 Å². The number of rotatable bonds is 27. The van der Waals surface area contributed by atoms with Gasteiger partial charge in [-0.25, -0.2) is 0 Å². The SMILES string of the molecule is CCCOCCOCCOCCOCCOCCOCCOCCOCCNC=O. The highest BCUT2D eigenvalue weighted by Gasteiger charge is 1.95. The topological polar surface area (TPSA) is 103 Å². The van der Waals surface area contributed by atoms with Crippen molar-refractivity contribution >= 4 is 6.41 Å². The highest BCUT2D eigenvalue weighted by atomic mass is 16.6. The molecule has 10 heteroatoms. The van der Waals surface area contributed by atoms with Gasteiger partial charge in [-0.2, -0.15) is 0 Å². The summed E-state index contributed by atoms with van der Waals surface area (Å²) in [4.78, 5) is 10.0. The first kappa shape index (κ1) is 29.1. The quantitative estimate of drug-likeness (QED) is 0.143. The van der Waals surface area contributed by atoms with Crippen molar-refractivity contribution in [2.24, 2.45) is 0 Å². The minimum Gasteiger partial charge on any atom is -0.379 e. The van der Waals surface area contributed by atoms with Crippen LogP contribution in [-0.2, 0) is 42.7 Å². The van der Waals surface area contributed by atoms with Crippen LogP contribution in [0, 0.1) is 0 Å². The fourth-order valence-electron chi connectivity index (χ4n) is 1.98. The van der Waals surface area contributed by atoms with Crippen LogP contribution in [0.1, 0.15) is 13.3 Å². The summed E-state index contributed by atoms with van der Waals surface area (Å²) in [6.07, 6.45) is 1.68. The zero-order valence-corrected chi connectivity index (χ0v) is 18.5. The van der Waals surface area contributed by atoms with Crippen molar-refractivity contribution in [2.75, 3.05) is 112 Å². The van der Waals surface area contributed by atoms with Crippen LogP contribution in [0.5, 0.6) is 0 Å². The average molecular weight is 440 g/mol. The van der Waals surface area contributed by atoms with Crippen molar-refractivity contribution in [1.29, 1.82) is 0 Å². The summed E-state index contributed by atoms with van der Waals surface area (Å²) in [6, 6.07) is 0. The lowest BCUT2D eigenvalue weighted by molar-refractivity contribution is -0.109. The normalized spacial score (nSPS) is 11.1. The minimum atomic E-state index is 0.483. The van der Waals surface area contributed by atoms with Gasteiger partial charge in [0, 0.05) is 13.2 Å². The number of carbonyl (C=O) groups excluding carboxylic acids is 1. The molecule has 0 aromatic carbocycles. The molecule has 0 saturated heterocycles. The van der Waals surface area contributed by atoms with Gasteiger partial charge in [0.15, 0.2) is 0 Å². The van der Waals surface area contributed by atoms with E-state index in [-0.39, 0.29) is 0 Å². The Balaban J connectivity index is 2.98. The predicted octanol–water partition coefficient (Wildman–Crippen LogP) is 0.275. The van der Waals surface area contributed by atoms with Crippen molar-refractivity contribution in [1.82, 2.24) is 5.32 Å². The number of carbonyl (C=O) groups is 1. The van der Waals surface area contributed by atoms with Crippen molar-refractivity contribution in [3.8, 4) is 0 Å². The molecule has 1 amide bonds. The third-order valence-electron chi connectivity index (χ3n) is 3.43. The van der Waals surface area contributed by atoms with Crippen LogP contribution in [-0.4, -0.2) is 119 Å². The Kier molecular flexibility index (Phi) is 27.4. The van der Waals surface area contributed by atoms with E-state index >= 15 is 0 Å². The average Bonchev–Trinajstić information content (AvgIpc) is 2.76. The monoisotopic (exact) mass is 439 g/mol. The Hall–Kier alpha value is -0.850. The third kappa shape index (κ3) is 27.1. The largest absolute Gasteiger partial charge is 0.379 e. The van der Waals surface area contributed by atoms with E-state index < -0.39 is 0 Å². The highest BCUT2D eigenvalue weighted by molar-refractivity contribution is 5.45. The molecule has 0 bridgehead atoms. The molecule has 180 valence electrons. The van der Waals surface area contributed by atoms with Crippen LogP contribution in [0.15, 0.2) is 0 Å². The smallest absolute Gasteiger partial charge is 0.207 e. The van der Waals surface area contributed by atoms with E-state index in [1.165, 1.54) is 0 Å². The molecular weight excluding hydrogens is 398 g/mol. The molecule has 0 aromatic rings. The van der Waals surface area contributed by atoms with Crippen molar-refractivity contribution in [2.45, 2.75) is 13.3 Å². The highest BCUT2D eigenvalue weighted by Crippen LogP contribution is 1.86. The molecule has 10 nitrogen and oxygen atoms in total. The molecule has 0 radical (unpaired) electrons. The Bertz CT molecular complexity index is 325. The molecule has 0 heterocycles. The molecule has 0 saturated carbocycles. The Morgan fingerprint density at radius 1 is 0.467 bits per heavy atom. The minimum absolute atomic E-state index is 0.483. The first-order chi connectivity index (χ1) is 14.9. The first-order valence-corrected chi connectivity index (χ1v) is 10.7. The summed E-state index contributed by atoms with van der Waals surface area (Å²) in [5.41, 5.74) is 0. The molecule has 0 aliphatic rings. The van der Waals surface area contributed by atoms with E-state index in [0.29, 0.717) is 112 Å². The second kappa shape index (κ2) is 28.1. The van der Waals surface area contributed by atoms with Gasteiger partial charge < -0.3 is 43.2 Å². The summed E-state index contributed by atoms with van der Waals surface area (Å²) < 4.78 is 42.9. The predicted molar refractivity (Wildman–Crippen MR) is 111 cm³/mol. The van der Waals surface area contributed by atoms with Gasteiger partial charge in [0.1, 0.15) is 0 Å². The molecule has 0 spiro atoms. The Morgan fingerprint density at radius 3 is 1.00 bits per heavy atom. The maximum atomic E-state index is 10.0. The molecule has 30 heavy (non-hydrogen) atoms. The van der Waals surface area contributed by atoms with Crippen LogP contribution in [0.3, 0.4) is 0 Å². The molecular formula is C20H41NO9. The zero-order valence-electron chi connectivity index (χ0n) is 18.5. The van der Waals surface area contributed by atoms with E-state index in [2.05, 4.69) is 12.2 Å². The van der Waals surface area contributed by atoms with E-state index in [4.69, 9.17) is 37.9 Å². The fraction of sp³-hybridized carbons (Fsp3) is 0.950. The van der Waals surface area contributed by atoms with Crippen molar-refractivity contribution < 1.29 is 42.7 Å². The molecule has 0 aliphatic carbocycles. The van der Waals surface area contributed by atoms with E-state index in [0.717, 1.165) is 13.0 Å². The fourth-order valence-corrected chi connectivity index (χ4v) is 1.98. The van der Waals surface area contributed by atoms with Crippen molar-refractivity contribution in [3.63, 3.8) is 0 Å². The van der Waals surface area contributed by atoms with Crippen LogP contribution in [0.2, 0.25) is 0 Å². The number of nitrogens with one attached hydrogen (secondary N) is 1. The lowest BCUT2D eigenvalue weighted by Gasteiger charge is -2.08. The first-order valence-electron chi connectivity index (χ1n) is 10.7. The van der Waals surface area contributed by atoms with Gasteiger partial charge in [0.25, 0.3) is 0 Å². The lowest BCUT2D eigenvalue weighted by atomic mass is 10.5. The van der Waals surface area contributed by atoms with Gasteiger partial charge in [0.05, 0.1) is 99.1 Å². The second-order valence-electron chi connectivity index (χ2n) is 5.97. The molecule has 0 unspecified atom stereocenters. The zero-order chi connectivity index (χ0) is 21.8. The maximum Gasteiger partial charge on any atom is 0.207 e. The maximum absolute atomic E-state index is 10.0. The lowest BCUT2D eigenvalue weighted by Crippen LogP contribution is -2.19. The van der Waals surface area contributed by atoms with Gasteiger partial charge >= 0.3 is 0 Å². The number of ether oxygens (including phenoxy) is 8.